The van der Waals surface area contributed by atoms with E-state index in [0.717, 1.165) is 19.3 Å². The molecule has 1 atom stereocenters. The topological polar surface area (TPSA) is 72.9 Å². The summed E-state index contributed by atoms with van der Waals surface area (Å²) in [5.74, 6) is 0.0480. The molecule has 0 radical (unpaired) electrons. The zero-order valence-corrected chi connectivity index (χ0v) is 10.2. The number of amides is 1. The first-order chi connectivity index (χ1) is 8.07. The standard InChI is InChI=1S/C12H20N4O/c1-10(9-16-7-3-6-14-16)15-11(17)8-12(13)4-2-5-12/h3,6-7,10H,2,4-5,8-9,13H2,1H3,(H,15,17). The molecule has 5 nitrogen and oxygen atoms in total. The third-order valence-electron chi connectivity index (χ3n) is 3.29. The molecule has 1 aromatic rings. The Morgan fingerprint density at radius 2 is 2.41 bits per heavy atom. The van der Waals surface area contributed by atoms with E-state index in [1.807, 2.05) is 23.9 Å². The van der Waals surface area contributed by atoms with Gasteiger partial charge in [-0.25, -0.2) is 0 Å². The van der Waals surface area contributed by atoms with Crippen LogP contribution < -0.4 is 11.1 Å². The molecule has 1 saturated carbocycles. The summed E-state index contributed by atoms with van der Waals surface area (Å²) in [6.45, 7) is 2.67. The zero-order valence-electron chi connectivity index (χ0n) is 10.2. The molecule has 1 heterocycles. The molecule has 94 valence electrons. The van der Waals surface area contributed by atoms with E-state index in [9.17, 15) is 4.79 Å². The van der Waals surface area contributed by atoms with E-state index in [4.69, 9.17) is 5.73 Å². The summed E-state index contributed by atoms with van der Waals surface area (Å²) in [4.78, 5) is 11.8. The summed E-state index contributed by atoms with van der Waals surface area (Å²) in [7, 11) is 0. The molecule has 1 unspecified atom stereocenters. The minimum atomic E-state index is -0.241. The van der Waals surface area contributed by atoms with Crippen LogP contribution in [0.4, 0.5) is 0 Å². The lowest BCUT2D eigenvalue weighted by Gasteiger charge is -2.37. The number of hydrogen-bond acceptors (Lipinski definition) is 3. The van der Waals surface area contributed by atoms with Crippen molar-refractivity contribution in [2.45, 2.75) is 50.7 Å². The maximum absolute atomic E-state index is 11.8. The van der Waals surface area contributed by atoms with Crippen molar-refractivity contribution in [3.8, 4) is 0 Å². The lowest BCUT2D eigenvalue weighted by atomic mass is 9.75. The van der Waals surface area contributed by atoms with Gasteiger partial charge in [-0.3, -0.25) is 9.48 Å². The van der Waals surface area contributed by atoms with E-state index in [1.54, 1.807) is 6.20 Å². The van der Waals surface area contributed by atoms with Crippen molar-refractivity contribution in [1.82, 2.24) is 15.1 Å². The first-order valence-electron chi connectivity index (χ1n) is 6.13. The summed E-state index contributed by atoms with van der Waals surface area (Å²) in [5, 5.41) is 7.07. The van der Waals surface area contributed by atoms with Crippen LogP contribution in [-0.2, 0) is 11.3 Å². The molecule has 0 aliphatic heterocycles. The number of nitrogens with one attached hydrogen (secondary N) is 1. The fourth-order valence-electron chi connectivity index (χ4n) is 2.19. The first kappa shape index (κ1) is 12.1. The number of carbonyl (C=O) groups is 1. The summed E-state index contributed by atoms with van der Waals surface area (Å²) in [6, 6.07) is 1.95. The van der Waals surface area contributed by atoms with Gasteiger partial charge in [0.05, 0.1) is 6.54 Å². The van der Waals surface area contributed by atoms with Gasteiger partial charge in [0.15, 0.2) is 0 Å². The Hall–Kier alpha value is -1.36. The second-order valence-electron chi connectivity index (χ2n) is 5.09. The van der Waals surface area contributed by atoms with Crippen molar-refractivity contribution >= 4 is 5.91 Å². The zero-order chi connectivity index (χ0) is 12.3. The van der Waals surface area contributed by atoms with Gasteiger partial charge in [-0.05, 0) is 32.3 Å². The molecular weight excluding hydrogens is 216 g/mol. The predicted molar refractivity (Wildman–Crippen MR) is 65.2 cm³/mol. The molecule has 5 heteroatoms. The molecule has 0 saturated heterocycles. The van der Waals surface area contributed by atoms with E-state index in [1.165, 1.54) is 0 Å². The van der Waals surface area contributed by atoms with Gasteiger partial charge < -0.3 is 11.1 Å². The van der Waals surface area contributed by atoms with Gasteiger partial charge in [-0.15, -0.1) is 0 Å². The Kier molecular flexibility index (Phi) is 3.47. The van der Waals surface area contributed by atoms with Gasteiger partial charge in [0.2, 0.25) is 5.91 Å². The monoisotopic (exact) mass is 236 g/mol. The molecule has 1 aromatic heterocycles. The Labute approximate surface area is 101 Å². The lowest BCUT2D eigenvalue weighted by molar-refractivity contribution is -0.123. The van der Waals surface area contributed by atoms with Crippen LogP contribution in [0.1, 0.15) is 32.6 Å². The van der Waals surface area contributed by atoms with Gasteiger partial charge in [-0.1, -0.05) is 0 Å². The third kappa shape index (κ3) is 3.30. The minimum absolute atomic E-state index is 0.0480. The van der Waals surface area contributed by atoms with Crippen molar-refractivity contribution in [2.24, 2.45) is 5.73 Å². The number of carbonyl (C=O) groups excluding carboxylic acids is 1. The normalized spacial score (nSPS) is 19.4. The van der Waals surface area contributed by atoms with Crippen molar-refractivity contribution in [2.75, 3.05) is 0 Å². The molecule has 17 heavy (non-hydrogen) atoms. The van der Waals surface area contributed by atoms with E-state index in [-0.39, 0.29) is 17.5 Å². The van der Waals surface area contributed by atoms with Gasteiger partial charge in [-0.2, -0.15) is 5.10 Å². The fourth-order valence-corrected chi connectivity index (χ4v) is 2.19. The van der Waals surface area contributed by atoms with Crippen LogP contribution in [0.5, 0.6) is 0 Å². The summed E-state index contributed by atoms with van der Waals surface area (Å²) in [6.07, 6.45) is 7.14. The van der Waals surface area contributed by atoms with Gasteiger partial charge in [0.1, 0.15) is 0 Å². The van der Waals surface area contributed by atoms with Crippen molar-refractivity contribution in [3.05, 3.63) is 18.5 Å². The van der Waals surface area contributed by atoms with Crippen LogP contribution in [0.15, 0.2) is 18.5 Å². The fraction of sp³-hybridized carbons (Fsp3) is 0.667. The molecule has 1 aliphatic rings. The predicted octanol–water partition coefficient (Wildman–Crippen LogP) is 0.659. The third-order valence-corrected chi connectivity index (χ3v) is 3.29. The number of nitrogens with zero attached hydrogens (tertiary/aromatic N) is 2. The average Bonchev–Trinajstić information content (AvgIpc) is 2.67. The van der Waals surface area contributed by atoms with E-state index in [0.29, 0.717) is 13.0 Å². The Balaban J connectivity index is 1.74. The molecule has 2 rings (SSSR count). The second-order valence-corrected chi connectivity index (χ2v) is 5.09. The Morgan fingerprint density at radius 3 is 2.94 bits per heavy atom. The maximum Gasteiger partial charge on any atom is 0.222 e. The number of hydrogen-bond donors (Lipinski definition) is 2. The number of nitrogens with two attached hydrogens (primary N) is 1. The van der Waals surface area contributed by atoms with Gasteiger partial charge >= 0.3 is 0 Å². The molecule has 0 aromatic carbocycles. The molecule has 1 aliphatic carbocycles. The molecular formula is C12H20N4O. The summed E-state index contributed by atoms with van der Waals surface area (Å²) < 4.78 is 1.81. The summed E-state index contributed by atoms with van der Waals surface area (Å²) >= 11 is 0. The largest absolute Gasteiger partial charge is 0.352 e. The lowest BCUT2D eigenvalue weighted by Crippen LogP contribution is -2.51. The van der Waals surface area contributed by atoms with Crippen LogP contribution in [0, 0.1) is 0 Å². The van der Waals surface area contributed by atoms with Crippen molar-refractivity contribution in [1.29, 1.82) is 0 Å². The van der Waals surface area contributed by atoms with E-state index >= 15 is 0 Å². The van der Waals surface area contributed by atoms with Gasteiger partial charge in [0, 0.05) is 30.4 Å². The highest BCUT2D eigenvalue weighted by molar-refractivity contribution is 5.77. The van der Waals surface area contributed by atoms with Crippen LogP contribution in [0.2, 0.25) is 0 Å². The summed E-state index contributed by atoms with van der Waals surface area (Å²) in [5.41, 5.74) is 5.80. The van der Waals surface area contributed by atoms with E-state index in [2.05, 4.69) is 10.4 Å². The average molecular weight is 236 g/mol. The quantitative estimate of drug-likeness (QED) is 0.788. The molecule has 0 spiro atoms. The van der Waals surface area contributed by atoms with Crippen LogP contribution >= 0.6 is 0 Å². The van der Waals surface area contributed by atoms with Crippen LogP contribution in [-0.4, -0.2) is 27.3 Å². The second kappa shape index (κ2) is 4.87. The highest BCUT2D eigenvalue weighted by atomic mass is 16.1. The Morgan fingerprint density at radius 1 is 1.65 bits per heavy atom. The highest BCUT2D eigenvalue weighted by Crippen LogP contribution is 2.31. The van der Waals surface area contributed by atoms with Crippen LogP contribution in [0.25, 0.3) is 0 Å². The molecule has 1 amide bonds. The minimum Gasteiger partial charge on any atom is -0.352 e. The van der Waals surface area contributed by atoms with Crippen molar-refractivity contribution < 1.29 is 4.79 Å². The molecule has 0 bridgehead atoms. The van der Waals surface area contributed by atoms with Gasteiger partial charge in [0.25, 0.3) is 0 Å². The first-order valence-corrected chi connectivity index (χ1v) is 6.13. The SMILES string of the molecule is CC(Cn1cccn1)NC(=O)CC1(N)CCC1. The Bertz CT molecular complexity index is 370. The maximum atomic E-state index is 11.8. The smallest absolute Gasteiger partial charge is 0.222 e. The highest BCUT2D eigenvalue weighted by Gasteiger charge is 2.34. The van der Waals surface area contributed by atoms with Crippen molar-refractivity contribution in [3.63, 3.8) is 0 Å². The number of aromatic nitrogens is 2. The van der Waals surface area contributed by atoms with E-state index < -0.39 is 0 Å². The molecule has 1 fully saturated rings. The van der Waals surface area contributed by atoms with Crippen LogP contribution in [0.3, 0.4) is 0 Å². The molecule has 3 N–H and O–H groups in total. The number of rotatable bonds is 5.